The van der Waals surface area contributed by atoms with Crippen LogP contribution in [0.2, 0.25) is 0 Å². The van der Waals surface area contributed by atoms with Crippen LogP contribution in [0.1, 0.15) is 5.56 Å². The summed E-state index contributed by atoms with van der Waals surface area (Å²) in [7, 11) is 1.70. The molecule has 2 aromatic carbocycles. The van der Waals surface area contributed by atoms with Gasteiger partial charge in [0, 0.05) is 12.1 Å². The van der Waals surface area contributed by atoms with Crippen LogP contribution < -0.4 is 10.1 Å². The van der Waals surface area contributed by atoms with E-state index >= 15 is 0 Å². The van der Waals surface area contributed by atoms with Crippen molar-refractivity contribution >= 4 is 0 Å². The molecule has 0 aliphatic heterocycles. The summed E-state index contributed by atoms with van der Waals surface area (Å²) in [5, 5.41) is 2.90. The van der Waals surface area contributed by atoms with E-state index in [9.17, 15) is 17.6 Å². The van der Waals surface area contributed by atoms with Crippen LogP contribution in [-0.4, -0.2) is 13.4 Å². The first-order chi connectivity index (χ1) is 9.90. The Balaban J connectivity index is 2.53. The van der Waals surface area contributed by atoms with Gasteiger partial charge in [-0.25, -0.2) is 4.39 Å². The lowest BCUT2D eigenvalue weighted by Crippen LogP contribution is -2.17. The van der Waals surface area contributed by atoms with E-state index in [1.165, 1.54) is 36.4 Å². The highest BCUT2D eigenvalue weighted by Crippen LogP contribution is 2.35. The van der Waals surface area contributed by atoms with Crippen molar-refractivity contribution in [2.75, 3.05) is 7.05 Å². The Bertz CT molecular complexity index is 625. The fourth-order valence-electron chi connectivity index (χ4n) is 2.05. The second kappa shape index (κ2) is 6.13. The van der Waals surface area contributed by atoms with Crippen LogP contribution in [0.25, 0.3) is 11.1 Å². The summed E-state index contributed by atoms with van der Waals surface area (Å²) in [5.41, 5.74) is 1.24. The van der Waals surface area contributed by atoms with Crippen LogP contribution in [0.3, 0.4) is 0 Å². The smallest absolute Gasteiger partial charge is 0.405 e. The van der Waals surface area contributed by atoms with Crippen LogP contribution in [0.5, 0.6) is 5.75 Å². The van der Waals surface area contributed by atoms with E-state index in [0.29, 0.717) is 17.7 Å². The number of hydrogen-bond acceptors (Lipinski definition) is 2. The maximum Gasteiger partial charge on any atom is 0.573 e. The molecule has 0 aliphatic carbocycles. The molecule has 2 rings (SSSR count). The largest absolute Gasteiger partial charge is 0.573 e. The number of para-hydroxylation sites is 1. The van der Waals surface area contributed by atoms with Gasteiger partial charge in [0.25, 0.3) is 0 Å². The Morgan fingerprint density at radius 1 is 1.05 bits per heavy atom. The van der Waals surface area contributed by atoms with Crippen LogP contribution in [-0.2, 0) is 6.54 Å². The lowest BCUT2D eigenvalue weighted by atomic mass is 9.98. The van der Waals surface area contributed by atoms with Crippen molar-refractivity contribution in [2.45, 2.75) is 12.9 Å². The summed E-state index contributed by atoms with van der Waals surface area (Å²) < 4.78 is 54.8. The standard InChI is InChI=1S/C15H13F4NO/c1-20-9-10-6-7-11(16)8-13(10)12-4-2-3-5-14(12)21-15(17,18)19/h2-8,20H,9H2,1H3. The molecule has 21 heavy (non-hydrogen) atoms. The third kappa shape index (κ3) is 3.95. The molecule has 0 saturated heterocycles. The molecule has 0 saturated carbocycles. The summed E-state index contributed by atoms with van der Waals surface area (Å²) in [6.45, 7) is 0.399. The third-order valence-corrected chi connectivity index (χ3v) is 2.84. The van der Waals surface area contributed by atoms with Crippen molar-refractivity contribution in [1.82, 2.24) is 5.32 Å². The van der Waals surface area contributed by atoms with E-state index < -0.39 is 12.2 Å². The highest BCUT2D eigenvalue weighted by Gasteiger charge is 2.32. The Kier molecular flexibility index (Phi) is 4.47. The second-order valence-corrected chi connectivity index (χ2v) is 4.38. The van der Waals surface area contributed by atoms with Crippen molar-refractivity contribution in [1.29, 1.82) is 0 Å². The molecule has 2 nitrogen and oxygen atoms in total. The van der Waals surface area contributed by atoms with Gasteiger partial charge in [-0.05, 0) is 36.4 Å². The number of ether oxygens (including phenoxy) is 1. The number of benzene rings is 2. The maximum absolute atomic E-state index is 13.5. The van der Waals surface area contributed by atoms with Gasteiger partial charge < -0.3 is 10.1 Å². The van der Waals surface area contributed by atoms with Crippen LogP contribution in [0.15, 0.2) is 42.5 Å². The quantitative estimate of drug-likeness (QED) is 0.858. The van der Waals surface area contributed by atoms with Gasteiger partial charge in [-0.1, -0.05) is 24.3 Å². The van der Waals surface area contributed by atoms with E-state index in [1.54, 1.807) is 13.1 Å². The third-order valence-electron chi connectivity index (χ3n) is 2.84. The first-order valence-corrected chi connectivity index (χ1v) is 6.19. The van der Waals surface area contributed by atoms with Crippen molar-refractivity contribution in [3.63, 3.8) is 0 Å². The lowest BCUT2D eigenvalue weighted by molar-refractivity contribution is -0.274. The summed E-state index contributed by atoms with van der Waals surface area (Å²) in [4.78, 5) is 0. The molecule has 0 atom stereocenters. The number of rotatable bonds is 4. The van der Waals surface area contributed by atoms with Crippen molar-refractivity contribution in [2.24, 2.45) is 0 Å². The summed E-state index contributed by atoms with van der Waals surface area (Å²) in [5.74, 6) is -0.875. The highest BCUT2D eigenvalue weighted by atomic mass is 19.4. The molecule has 0 bridgehead atoms. The fourth-order valence-corrected chi connectivity index (χ4v) is 2.05. The minimum atomic E-state index is -4.80. The molecule has 2 aromatic rings. The van der Waals surface area contributed by atoms with Gasteiger partial charge in [0.2, 0.25) is 0 Å². The minimum Gasteiger partial charge on any atom is -0.405 e. The summed E-state index contributed by atoms with van der Waals surface area (Å²) in [6.07, 6.45) is -4.80. The van der Waals surface area contributed by atoms with Crippen molar-refractivity contribution in [3.8, 4) is 16.9 Å². The SMILES string of the molecule is CNCc1ccc(F)cc1-c1ccccc1OC(F)(F)F. The molecule has 0 aliphatic rings. The maximum atomic E-state index is 13.5. The van der Waals surface area contributed by atoms with Gasteiger partial charge in [0.1, 0.15) is 11.6 Å². The molecule has 112 valence electrons. The molecule has 0 fully saturated rings. The Labute approximate surface area is 119 Å². The first kappa shape index (κ1) is 15.3. The normalized spacial score (nSPS) is 11.5. The topological polar surface area (TPSA) is 21.3 Å². The van der Waals surface area contributed by atoms with Crippen LogP contribution >= 0.6 is 0 Å². The second-order valence-electron chi connectivity index (χ2n) is 4.38. The number of alkyl halides is 3. The van der Waals surface area contributed by atoms with E-state index in [4.69, 9.17) is 0 Å². The molecule has 0 radical (unpaired) electrons. The Hall–Kier alpha value is -2.08. The highest BCUT2D eigenvalue weighted by molar-refractivity contribution is 5.73. The first-order valence-electron chi connectivity index (χ1n) is 6.19. The average Bonchev–Trinajstić information content (AvgIpc) is 2.40. The van der Waals surface area contributed by atoms with E-state index in [0.717, 1.165) is 0 Å². The van der Waals surface area contributed by atoms with Crippen molar-refractivity contribution in [3.05, 3.63) is 53.8 Å². The number of hydrogen-bond donors (Lipinski definition) is 1. The lowest BCUT2D eigenvalue weighted by Gasteiger charge is -2.15. The zero-order valence-corrected chi connectivity index (χ0v) is 11.2. The predicted octanol–water partition coefficient (Wildman–Crippen LogP) is 4.11. The molecular formula is C15H13F4NO. The fraction of sp³-hybridized carbons (Fsp3) is 0.200. The van der Waals surface area contributed by atoms with Crippen LogP contribution in [0, 0.1) is 5.82 Å². The molecule has 0 spiro atoms. The molecule has 0 amide bonds. The van der Waals surface area contributed by atoms with Gasteiger partial charge in [0.15, 0.2) is 0 Å². The summed E-state index contributed by atoms with van der Waals surface area (Å²) in [6, 6.07) is 9.68. The van der Waals surface area contributed by atoms with Gasteiger partial charge in [-0.15, -0.1) is 13.2 Å². The molecule has 0 unspecified atom stereocenters. The minimum absolute atomic E-state index is 0.194. The molecule has 0 heterocycles. The molecular weight excluding hydrogens is 286 g/mol. The van der Waals surface area contributed by atoms with E-state index in [2.05, 4.69) is 10.1 Å². The monoisotopic (exact) mass is 299 g/mol. The molecule has 6 heteroatoms. The number of nitrogens with one attached hydrogen (secondary N) is 1. The zero-order chi connectivity index (χ0) is 15.5. The molecule has 1 N–H and O–H groups in total. The van der Waals surface area contributed by atoms with Gasteiger partial charge in [0.05, 0.1) is 0 Å². The summed E-state index contributed by atoms with van der Waals surface area (Å²) >= 11 is 0. The zero-order valence-electron chi connectivity index (χ0n) is 11.2. The Morgan fingerprint density at radius 2 is 1.76 bits per heavy atom. The molecule has 0 aromatic heterocycles. The predicted molar refractivity (Wildman–Crippen MR) is 71.3 cm³/mol. The van der Waals surface area contributed by atoms with Gasteiger partial charge in [-0.2, -0.15) is 0 Å². The Morgan fingerprint density at radius 3 is 2.43 bits per heavy atom. The van der Waals surface area contributed by atoms with Gasteiger partial charge >= 0.3 is 6.36 Å². The van der Waals surface area contributed by atoms with E-state index in [1.807, 2.05) is 0 Å². The average molecular weight is 299 g/mol. The van der Waals surface area contributed by atoms with Crippen molar-refractivity contribution < 1.29 is 22.3 Å². The van der Waals surface area contributed by atoms with Crippen LogP contribution in [0.4, 0.5) is 17.6 Å². The van der Waals surface area contributed by atoms with E-state index in [-0.39, 0.29) is 11.3 Å². The number of halogens is 4. The van der Waals surface area contributed by atoms with Gasteiger partial charge in [-0.3, -0.25) is 0 Å².